The van der Waals surface area contributed by atoms with Crippen LogP contribution in [0.15, 0.2) is 81.0 Å². The average Bonchev–Trinajstić information content (AvgIpc) is 3.61. The summed E-state index contributed by atoms with van der Waals surface area (Å²) in [5, 5.41) is 2.39. The van der Waals surface area contributed by atoms with E-state index < -0.39 is 12.0 Å². The van der Waals surface area contributed by atoms with Crippen LogP contribution >= 0.6 is 34.3 Å². The first-order valence-corrected chi connectivity index (χ1v) is 15.3. The molecule has 42 heavy (non-hydrogen) atoms. The molecule has 1 aliphatic heterocycles. The van der Waals surface area contributed by atoms with Crippen LogP contribution in [0.25, 0.3) is 6.08 Å². The zero-order chi connectivity index (χ0) is 29.8. The number of ether oxygens (including phenoxy) is 3. The minimum absolute atomic E-state index is 0.213. The highest BCUT2D eigenvalue weighted by atomic mass is 35.5. The summed E-state index contributed by atoms with van der Waals surface area (Å²) in [5.41, 5.74) is 2.50. The summed E-state index contributed by atoms with van der Waals surface area (Å²) in [5.74, 6) is -0.345. The highest BCUT2D eigenvalue weighted by molar-refractivity contribution is 7.10. The molecule has 11 heteroatoms. The van der Waals surface area contributed by atoms with Gasteiger partial charge in [-0.2, -0.15) is 0 Å². The molecule has 8 nitrogen and oxygen atoms in total. The molecule has 3 heterocycles. The van der Waals surface area contributed by atoms with E-state index in [-0.39, 0.29) is 24.7 Å². The van der Waals surface area contributed by atoms with Gasteiger partial charge in [-0.3, -0.25) is 9.36 Å². The largest absolute Gasteiger partial charge is 0.488 e. The van der Waals surface area contributed by atoms with E-state index in [0.717, 1.165) is 10.4 Å². The maximum absolute atomic E-state index is 13.9. The second-order valence-corrected chi connectivity index (χ2v) is 11.6. The van der Waals surface area contributed by atoms with Gasteiger partial charge in [0.1, 0.15) is 18.4 Å². The predicted molar refractivity (Wildman–Crippen MR) is 163 cm³/mol. The zero-order valence-electron chi connectivity index (χ0n) is 23.1. The van der Waals surface area contributed by atoms with Gasteiger partial charge in [0, 0.05) is 15.5 Å². The molecular formula is C31H27ClN2O6S2. The number of aromatic nitrogens is 1. The Balaban J connectivity index is 1.50. The Morgan fingerprint density at radius 3 is 2.48 bits per heavy atom. The molecule has 2 aromatic carbocycles. The summed E-state index contributed by atoms with van der Waals surface area (Å²) in [7, 11) is 0. The number of benzene rings is 2. The molecule has 0 fully saturated rings. The topological polar surface area (TPSA) is 96.2 Å². The molecule has 5 rings (SSSR count). The lowest BCUT2D eigenvalue weighted by atomic mass is 10.0. The standard InChI is InChI=1S/C31H27ClN2O6S2/c1-4-38-29(36)20-10-8-19(9-11-20)17-40-23-13-12-22(32)15-21(23)16-25-28(35)34-27(24-7-6-14-41-24)26(30(37)39-5-2)18(3)33-31(34)42-25/h6-16,27H,4-5,17H2,1-3H3/b25-16-/t27-/m1/s1. The summed E-state index contributed by atoms with van der Waals surface area (Å²) in [6.45, 7) is 6.01. The number of fused-ring (bicyclic) bond motifs is 1. The van der Waals surface area contributed by atoms with Crippen LogP contribution in [0.5, 0.6) is 5.75 Å². The van der Waals surface area contributed by atoms with Crippen molar-refractivity contribution in [2.45, 2.75) is 33.4 Å². The third kappa shape index (κ3) is 6.11. The quantitative estimate of drug-likeness (QED) is 0.236. The first kappa shape index (κ1) is 29.5. The van der Waals surface area contributed by atoms with Gasteiger partial charge in [-0.25, -0.2) is 14.6 Å². The fourth-order valence-corrected chi connectivity index (χ4v) is 6.57. The minimum Gasteiger partial charge on any atom is -0.488 e. The molecule has 4 aromatic rings. The van der Waals surface area contributed by atoms with Crippen LogP contribution in [0, 0.1) is 0 Å². The van der Waals surface area contributed by atoms with Crippen molar-refractivity contribution in [3.05, 3.63) is 118 Å². The van der Waals surface area contributed by atoms with E-state index in [2.05, 4.69) is 4.99 Å². The van der Waals surface area contributed by atoms with Gasteiger partial charge in [0.25, 0.3) is 5.56 Å². The number of carbonyl (C=O) groups excluding carboxylic acids is 2. The van der Waals surface area contributed by atoms with Crippen molar-refractivity contribution in [1.82, 2.24) is 4.57 Å². The second kappa shape index (κ2) is 12.9. The third-order valence-corrected chi connectivity index (χ3v) is 8.59. The summed E-state index contributed by atoms with van der Waals surface area (Å²) >= 11 is 9.02. The van der Waals surface area contributed by atoms with Gasteiger partial charge < -0.3 is 14.2 Å². The Morgan fingerprint density at radius 2 is 1.79 bits per heavy atom. The fraction of sp³-hybridized carbons (Fsp3) is 0.226. The number of nitrogens with zero attached hydrogens (tertiary/aromatic N) is 2. The molecule has 0 bridgehead atoms. The predicted octanol–water partition coefficient (Wildman–Crippen LogP) is 5.27. The Kier molecular flexibility index (Phi) is 9.06. The average molecular weight is 623 g/mol. The molecule has 0 unspecified atom stereocenters. The molecule has 1 atom stereocenters. The second-order valence-electron chi connectivity index (χ2n) is 9.21. The summed E-state index contributed by atoms with van der Waals surface area (Å²) in [4.78, 5) is 44.7. The first-order valence-electron chi connectivity index (χ1n) is 13.2. The molecule has 0 spiro atoms. The maximum Gasteiger partial charge on any atom is 0.338 e. The number of thiophene rings is 1. The molecule has 0 radical (unpaired) electrons. The molecule has 0 saturated carbocycles. The van der Waals surface area contributed by atoms with Crippen molar-refractivity contribution in [1.29, 1.82) is 0 Å². The van der Waals surface area contributed by atoms with Crippen LogP contribution in [0.4, 0.5) is 0 Å². The van der Waals surface area contributed by atoms with Crippen molar-refractivity contribution in [3.63, 3.8) is 0 Å². The van der Waals surface area contributed by atoms with E-state index in [1.165, 1.54) is 22.7 Å². The SMILES string of the molecule is CCOC(=O)C1=C(C)N=c2s/c(=C\c3cc(Cl)ccc3OCc3ccc(C(=O)OCC)cc3)c(=O)n2[C@@H]1c1cccs1. The van der Waals surface area contributed by atoms with Crippen molar-refractivity contribution in [2.24, 2.45) is 4.99 Å². The van der Waals surface area contributed by atoms with Gasteiger partial charge in [0.2, 0.25) is 0 Å². The van der Waals surface area contributed by atoms with Gasteiger partial charge in [0.15, 0.2) is 4.80 Å². The number of thiazole rings is 1. The summed E-state index contributed by atoms with van der Waals surface area (Å²) in [6.07, 6.45) is 1.73. The third-order valence-electron chi connectivity index (χ3n) is 6.45. The lowest BCUT2D eigenvalue weighted by Crippen LogP contribution is -2.39. The molecule has 0 N–H and O–H groups in total. The fourth-order valence-electron chi connectivity index (χ4n) is 4.52. The van der Waals surface area contributed by atoms with Crippen LogP contribution < -0.4 is 19.6 Å². The van der Waals surface area contributed by atoms with E-state index >= 15 is 0 Å². The Labute approximate surface area is 254 Å². The number of hydrogen-bond donors (Lipinski definition) is 0. The van der Waals surface area contributed by atoms with Gasteiger partial charge in [-0.15, -0.1) is 11.3 Å². The smallest absolute Gasteiger partial charge is 0.338 e. The molecule has 0 aliphatic carbocycles. The first-order chi connectivity index (χ1) is 20.3. The Bertz CT molecular complexity index is 1840. The molecule has 216 valence electrons. The van der Waals surface area contributed by atoms with E-state index in [4.69, 9.17) is 25.8 Å². The number of rotatable bonds is 9. The normalized spacial score (nSPS) is 14.8. The summed E-state index contributed by atoms with van der Waals surface area (Å²) in [6, 6.07) is 15.3. The van der Waals surface area contributed by atoms with E-state index in [1.807, 2.05) is 17.5 Å². The number of allylic oxidation sites excluding steroid dienone is 1. The molecule has 2 aromatic heterocycles. The Morgan fingerprint density at radius 1 is 1.05 bits per heavy atom. The number of esters is 2. The number of carbonyl (C=O) groups is 2. The van der Waals surface area contributed by atoms with Crippen LogP contribution in [0.1, 0.15) is 53.2 Å². The van der Waals surface area contributed by atoms with Crippen LogP contribution in [0.2, 0.25) is 5.02 Å². The van der Waals surface area contributed by atoms with E-state index in [1.54, 1.807) is 73.9 Å². The lowest BCUT2D eigenvalue weighted by Gasteiger charge is -2.23. The van der Waals surface area contributed by atoms with Gasteiger partial charge in [-0.1, -0.05) is 41.1 Å². The highest BCUT2D eigenvalue weighted by Gasteiger charge is 2.33. The van der Waals surface area contributed by atoms with Crippen LogP contribution in [-0.2, 0) is 20.9 Å². The lowest BCUT2D eigenvalue weighted by molar-refractivity contribution is -0.139. The van der Waals surface area contributed by atoms with Crippen molar-refractivity contribution in [2.75, 3.05) is 13.2 Å². The Hall–Kier alpha value is -3.99. The monoisotopic (exact) mass is 622 g/mol. The van der Waals surface area contributed by atoms with E-state index in [0.29, 0.717) is 49.1 Å². The molecular weight excluding hydrogens is 596 g/mol. The van der Waals surface area contributed by atoms with Gasteiger partial charge >= 0.3 is 11.9 Å². The maximum atomic E-state index is 13.9. The van der Waals surface area contributed by atoms with Gasteiger partial charge in [0.05, 0.1) is 34.6 Å². The summed E-state index contributed by atoms with van der Waals surface area (Å²) < 4.78 is 18.5. The molecule has 0 amide bonds. The minimum atomic E-state index is -0.643. The zero-order valence-corrected chi connectivity index (χ0v) is 25.5. The van der Waals surface area contributed by atoms with Crippen molar-refractivity contribution < 1.29 is 23.8 Å². The van der Waals surface area contributed by atoms with Crippen LogP contribution in [-0.4, -0.2) is 29.7 Å². The number of halogens is 1. The van der Waals surface area contributed by atoms with Crippen LogP contribution in [0.3, 0.4) is 0 Å². The highest BCUT2D eigenvalue weighted by Crippen LogP contribution is 2.33. The van der Waals surface area contributed by atoms with Crippen molar-refractivity contribution in [3.8, 4) is 5.75 Å². The molecule has 1 aliphatic rings. The van der Waals surface area contributed by atoms with E-state index in [9.17, 15) is 14.4 Å². The van der Waals surface area contributed by atoms with Gasteiger partial charge in [-0.05, 0) is 74.2 Å². The number of hydrogen-bond acceptors (Lipinski definition) is 9. The molecule has 0 saturated heterocycles. The van der Waals surface area contributed by atoms with Crippen molar-refractivity contribution >= 4 is 52.3 Å².